The molecular weight excluding hydrogens is 361 g/mol. The Labute approximate surface area is 152 Å². The van der Waals surface area contributed by atoms with E-state index in [-0.39, 0.29) is 36.6 Å². The first-order chi connectivity index (χ1) is 10.4. The van der Waals surface area contributed by atoms with Gasteiger partial charge in [-0.3, -0.25) is 9.59 Å². The third kappa shape index (κ3) is 4.98. The fourth-order valence-corrected chi connectivity index (χ4v) is 3.03. The minimum Gasteiger partial charge on any atom is -0.344 e. The largest absolute Gasteiger partial charge is 0.344 e. The molecule has 0 saturated carbocycles. The van der Waals surface area contributed by atoms with Gasteiger partial charge in [-0.25, -0.2) is 0 Å². The molecule has 1 N–H and O–H groups in total. The van der Waals surface area contributed by atoms with Crippen LogP contribution in [0.25, 0.3) is 0 Å². The smallest absolute Gasteiger partial charge is 0.227 e. The van der Waals surface area contributed by atoms with E-state index in [9.17, 15) is 9.59 Å². The summed E-state index contributed by atoms with van der Waals surface area (Å²) in [6, 6.07) is 4.98. The highest BCUT2D eigenvalue weighted by Crippen LogP contribution is 2.30. The Bertz CT molecular complexity index is 563. The van der Waals surface area contributed by atoms with Crippen molar-refractivity contribution in [1.82, 2.24) is 10.2 Å². The molecule has 8 heteroatoms. The van der Waals surface area contributed by atoms with E-state index < -0.39 is 0 Å². The summed E-state index contributed by atoms with van der Waals surface area (Å²) in [5.74, 6) is -0.426. The van der Waals surface area contributed by atoms with E-state index in [1.807, 2.05) is 7.05 Å². The molecule has 0 spiro atoms. The van der Waals surface area contributed by atoms with E-state index in [1.165, 1.54) is 0 Å². The van der Waals surface area contributed by atoms with Crippen LogP contribution in [0.3, 0.4) is 0 Å². The monoisotopic (exact) mass is 379 g/mol. The van der Waals surface area contributed by atoms with Gasteiger partial charge in [0.1, 0.15) is 0 Å². The van der Waals surface area contributed by atoms with Crippen molar-refractivity contribution in [2.24, 2.45) is 5.92 Å². The molecule has 0 aromatic heterocycles. The summed E-state index contributed by atoms with van der Waals surface area (Å²) in [6.07, 6.45) is 0.215. The Balaban J connectivity index is 0.00000264. The van der Waals surface area contributed by atoms with Crippen molar-refractivity contribution in [3.8, 4) is 0 Å². The molecule has 1 aliphatic rings. The summed E-state index contributed by atoms with van der Waals surface area (Å²) in [5.41, 5.74) is 0.635. The number of likely N-dealkylation sites (N-methyl/N-ethyl adjacent to an activating group) is 2. The Morgan fingerprint density at radius 1 is 1.35 bits per heavy atom. The van der Waals surface area contributed by atoms with Crippen molar-refractivity contribution in [1.29, 1.82) is 0 Å². The zero-order chi connectivity index (χ0) is 16.3. The fourth-order valence-electron chi connectivity index (χ4n) is 2.52. The first-order valence-electron chi connectivity index (χ1n) is 7.08. The second-order valence-electron chi connectivity index (χ2n) is 5.40. The van der Waals surface area contributed by atoms with Crippen molar-refractivity contribution in [3.63, 3.8) is 0 Å². The van der Waals surface area contributed by atoms with Gasteiger partial charge >= 0.3 is 0 Å². The van der Waals surface area contributed by atoms with Gasteiger partial charge in [-0.05, 0) is 25.2 Å². The van der Waals surface area contributed by atoms with E-state index in [1.54, 1.807) is 35.0 Å². The average molecular weight is 381 g/mol. The van der Waals surface area contributed by atoms with Crippen molar-refractivity contribution in [2.75, 3.05) is 38.6 Å². The van der Waals surface area contributed by atoms with Gasteiger partial charge in [0, 0.05) is 48.8 Å². The second-order valence-corrected chi connectivity index (χ2v) is 6.27. The topological polar surface area (TPSA) is 52.7 Å². The second kappa shape index (κ2) is 8.73. The highest BCUT2D eigenvalue weighted by molar-refractivity contribution is 6.35. The number of carbonyl (C=O) groups excluding carboxylic acids is 2. The Morgan fingerprint density at radius 3 is 2.52 bits per heavy atom. The third-order valence-corrected chi connectivity index (χ3v) is 4.14. The van der Waals surface area contributed by atoms with E-state index in [0.717, 1.165) is 6.54 Å². The number of nitrogens with one attached hydrogen (secondary N) is 1. The van der Waals surface area contributed by atoms with Gasteiger partial charge < -0.3 is 15.1 Å². The molecular formula is C15H20Cl3N3O2. The molecule has 1 aliphatic heterocycles. The van der Waals surface area contributed by atoms with Crippen LogP contribution in [-0.2, 0) is 9.59 Å². The number of carbonyl (C=O) groups is 2. The standard InChI is InChI=1S/C15H19Cl2N3O2.ClH/c1-18-3-4-19(2)15(22)10-5-14(21)20(9-10)13-7-11(16)6-12(17)8-13;/h6-8,10,18H,3-5,9H2,1-2H3;1H. The summed E-state index contributed by atoms with van der Waals surface area (Å²) in [5, 5.41) is 3.94. The van der Waals surface area contributed by atoms with Crippen LogP contribution in [0, 0.1) is 5.92 Å². The highest BCUT2D eigenvalue weighted by Gasteiger charge is 2.36. The molecule has 1 aromatic carbocycles. The van der Waals surface area contributed by atoms with Gasteiger partial charge in [0.05, 0.1) is 5.92 Å². The predicted octanol–water partition coefficient (Wildman–Crippen LogP) is 2.45. The van der Waals surface area contributed by atoms with Gasteiger partial charge in [0.15, 0.2) is 0 Å². The highest BCUT2D eigenvalue weighted by atomic mass is 35.5. The van der Waals surface area contributed by atoms with Crippen LogP contribution in [0.5, 0.6) is 0 Å². The summed E-state index contributed by atoms with van der Waals surface area (Å²) < 4.78 is 0. The molecule has 5 nitrogen and oxygen atoms in total. The van der Waals surface area contributed by atoms with Gasteiger partial charge in [-0.15, -0.1) is 12.4 Å². The Kier molecular flexibility index (Phi) is 7.61. The fraction of sp³-hybridized carbons (Fsp3) is 0.467. The number of hydrogen-bond donors (Lipinski definition) is 1. The van der Waals surface area contributed by atoms with Gasteiger partial charge in [-0.1, -0.05) is 23.2 Å². The van der Waals surface area contributed by atoms with Gasteiger partial charge in [0.25, 0.3) is 0 Å². The summed E-state index contributed by atoms with van der Waals surface area (Å²) in [7, 11) is 3.59. The Morgan fingerprint density at radius 2 is 1.96 bits per heavy atom. The van der Waals surface area contributed by atoms with E-state index in [4.69, 9.17) is 23.2 Å². The maximum absolute atomic E-state index is 12.4. The first kappa shape index (κ1) is 20.0. The summed E-state index contributed by atoms with van der Waals surface area (Å²) in [4.78, 5) is 27.8. The maximum Gasteiger partial charge on any atom is 0.227 e. The molecule has 1 atom stereocenters. The van der Waals surface area contributed by atoms with Crippen LogP contribution >= 0.6 is 35.6 Å². The minimum absolute atomic E-state index is 0. The molecule has 1 saturated heterocycles. The van der Waals surface area contributed by atoms with Crippen molar-refractivity contribution in [3.05, 3.63) is 28.2 Å². The number of nitrogens with zero attached hydrogens (tertiary/aromatic N) is 2. The lowest BCUT2D eigenvalue weighted by Gasteiger charge is -2.21. The Hall–Kier alpha value is -1.01. The van der Waals surface area contributed by atoms with E-state index in [0.29, 0.717) is 28.8 Å². The number of amides is 2. The molecule has 1 unspecified atom stereocenters. The molecule has 0 bridgehead atoms. The molecule has 2 amide bonds. The normalized spacial score (nSPS) is 17.1. The number of rotatable bonds is 5. The van der Waals surface area contributed by atoms with Crippen molar-refractivity contribution >= 4 is 53.1 Å². The predicted molar refractivity (Wildman–Crippen MR) is 95.7 cm³/mol. The lowest BCUT2D eigenvalue weighted by Crippen LogP contribution is -2.38. The van der Waals surface area contributed by atoms with Crippen molar-refractivity contribution < 1.29 is 9.59 Å². The number of hydrogen-bond acceptors (Lipinski definition) is 3. The lowest BCUT2D eigenvalue weighted by molar-refractivity contribution is -0.134. The third-order valence-electron chi connectivity index (χ3n) is 3.71. The van der Waals surface area contributed by atoms with Crippen LogP contribution < -0.4 is 10.2 Å². The molecule has 0 radical (unpaired) electrons. The van der Waals surface area contributed by atoms with Crippen LogP contribution in [0.4, 0.5) is 5.69 Å². The van der Waals surface area contributed by atoms with Crippen molar-refractivity contribution in [2.45, 2.75) is 6.42 Å². The number of halogens is 3. The average Bonchev–Trinajstić information content (AvgIpc) is 2.84. The SMILES string of the molecule is CNCCN(C)C(=O)C1CC(=O)N(c2cc(Cl)cc(Cl)c2)C1.Cl. The van der Waals surface area contributed by atoms with E-state index in [2.05, 4.69) is 5.32 Å². The molecule has 23 heavy (non-hydrogen) atoms. The zero-order valence-corrected chi connectivity index (χ0v) is 15.3. The zero-order valence-electron chi connectivity index (χ0n) is 13.0. The lowest BCUT2D eigenvalue weighted by atomic mass is 10.1. The molecule has 0 aliphatic carbocycles. The van der Waals surface area contributed by atoms with Gasteiger partial charge in [0.2, 0.25) is 11.8 Å². The molecule has 2 rings (SSSR count). The number of anilines is 1. The maximum atomic E-state index is 12.4. The summed E-state index contributed by atoms with van der Waals surface area (Å²) >= 11 is 12.0. The van der Waals surface area contributed by atoms with Crippen LogP contribution in [0.15, 0.2) is 18.2 Å². The molecule has 128 valence electrons. The van der Waals surface area contributed by atoms with Crippen LogP contribution in [-0.4, -0.2) is 50.4 Å². The van der Waals surface area contributed by atoms with Gasteiger partial charge in [-0.2, -0.15) is 0 Å². The molecule has 1 fully saturated rings. The summed E-state index contributed by atoms with van der Waals surface area (Å²) in [6.45, 7) is 1.69. The molecule has 1 heterocycles. The number of benzene rings is 1. The van der Waals surface area contributed by atoms with Crippen LogP contribution in [0.2, 0.25) is 10.0 Å². The quantitative estimate of drug-likeness (QED) is 0.853. The van der Waals surface area contributed by atoms with E-state index >= 15 is 0 Å². The molecule has 1 aromatic rings. The first-order valence-corrected chi connectivity index (χ1v) is 7.84. The van der Waals surface area contributed by atoms with Crippen LogP contribution in [0.1, 0.15) is 6.42 Å². The minimum atomic E-state index is -0.327.